The van der Waals surface area contributed by atoms with Crippen LogP contribution >= 0.6 is 12.2 Å². The number of carbonyl (C=O) groups is 2. The van der Waals surface area contributed by atoms with Crippen LogP contribution in [0.3, 0.4) is 0 Å². The van der Waals surface area contributed by atoms with E-state index in [4.69, 9.17) is 17.0 Å². The molecule has 0 radical (unpaired) electrons. The van der Waals surface area contributed by atoms with Crippen molar-refractivity contribution in [3.63, 3.8) is 0 Å². The highest BCUT2D eigenvalue weighted by Crippen LogP contribution is 2.18. The Labute approximate surface area is 170 Å². The summed E-state index contributed by atoms with van der Waals surface area (Å²) in [6.07, 6.45) is 0.890. The molecule has 7 heteroatoms. The summed E-state index contributed by atoms with van der Waals surface area (Å²) in [5.41, 5.74) is 6.76. The van der Waals surface area contributed by atoms with Gasteiger partial charge in [-0.05, 0) is 55.2 Å². The van der Waals surface area contributed by atoms with E-state index in [-0.39, 0.29) is 11.0 Å². The van der Waals surface area contributed by atoms with E-state index in [9.17, 15) is 9.59 Å². The highest BCUT2D eigenvalue weighted by atomic mass is 32.1. The lowest BCUT2D eigenvalue weighted by Crippen LogP contribution is -2.48. The topological polar surface area (TPSA) is 79.5 Å². The molecule has 0 unspecified atom stereocenters. The van der Waals surface area contributed by atoms with Gasteiger partial charge in [0.15, 0.2) is 5.11 Å². The molecule has 6 nitrogen and oxygen atoms in total. The third-order valence-electron chi connectivity index (χ3n) is 3.99. The van der Waals surface area contributed by atoms with Crippen molar-refractivity contribution in [3.8, 4) is 5.75 Å². The molecule has 0 aromatic heterocycles. The average molecular weight is 400 g/mol. The molecule has 0 atom stereocenters. The summed E-state index contributed by atoms with van der Waals surface area (Å²) in [4.78, 5) is 24.7. The summed E-state index contributed by atoms with van der Waals surface area (Å²) < 4.78 is 5.73. The van der Waals surface area contributed by atoms with Crippen molar-refractivity contribution in [2.45, 2.75) is 27.2 Å². The second-order valence-electron chi connectivity index (χ2n) is 6.70. The summed E-state index contributed by atoms with van der Waals surface area (Å²) in [5.74, 6) is 0.247. The smallest absolute Gasteiger partial charge is 0.269 e. The molecule has 148 valence electrons. The number of amides is 2. The van der Waals surface area contributed by atoms with Crippen molar-refractivity contribution < 1.29 is 14.3 Å². The SMILES string of the molecule is Cc1ccccc1C(=O)NNC(=S)NC(=O)c1ccccc1OCCC(C)C. The predicted molar refractivity (Wildman–Crippen MR) is 113 cm³/mol. The normalized spacial score (nSPS) is 10.3. The largest absolute Gasteiger partial charge is 0.493 e. The molecule has 0 aliphatic heterocycles. The number of carbonyl (C=O) groups excluding carboxylic acids is 2. The first-order valence-electron chi connectivity index (χ1n) is 9.07. The molecule has 0 saturated heterocycles. The third kappa shape index (κ3) is 6.35. The Kier molecular flexibility index (Phi) is 7.95. The maximum absolute atomic E-state index is 12.5. The number of ether oxygens (including phenoxy) is 1. The van der Waals surface area contributed by atoms with E-state index in [1.54, 1.807) is 36.4 Å². The van der Waals surface area contributed by atoms with Crippen LogP contribution < -0.4 is 20.9 Å². The van der Waals surface area contributed by atoms with Gasteiger partial charge in [0.05, 0.1) is 12.2 Å². The van der Waals surface area contributed by atoms with E-state index >= 15 is 0 Å². The number of hydrogen-bond acceptors (Lipinski definition) is 4. The third-order valence-corrected chi connectivity index (χ3v) is 4.19. The standard InChI is InChI=1S/C21H25N3O3S/c1-14(2)12-13-27-18-11-7-6-10-17(18)19(25)22-21(28)24-23-20(26)16-9-5-4-8-15(16)3/h4-11,14H,12-13H2,1-3H3,(H,23,26)(H2,22,24,25,28). The summed E-state index contributed by atoms with van der Waals surface area (Å²) in [5, 5.41) is 2.53. The maximum Gasteiger partial charge on any atom is 0.269 e. The fourth-order valence-corrected chi connectivity index (χ4v) is 2.54. The van der Waals surface area contributed by atoms with Gasteiger partial charge in [-0.1, -0.05) is 44.2 Å². The van der Waals surface area contributed by atoms with Crippen LogP contribution in [-0.4, -0.2) is 23.5 Å². The number of nitrogens with one attached hydrogen (secondary N) is 3. The Morgan fingerprint density at radius 3 is 2.29 bits per heavy atom. The van der Waals surface area contributed by atoms with Gasteiger partial charge in [-0.2, -0.15) is 0 Å². The highest BCUT2D eigenvalue weighted by molar-refractivity contribution is 7.80. The van der Waals surface area contributed by atoms with Crippen LogP contribution in [0.4, 0.5) is 0 Å². The molecule has 2 aromatic rings. The van der Waals surface area contributed by atoms with Crippen molar-refractivity contribution in [1.82, 2.24) is 16.2 Å². The van der Waals surface area contributed by atoms with Gasteiger partial charge >= 0.3 is 0 Å². The van der Waals surface area contributed by atoms with E-state index in [2.05, 4.69) is 30.0 Å². The first-order chi connectivity index (χ1) is 13.4. The van der Waals surface area contributed by atoms with E-state index in [0.717, 1.165) is 12.0 Å². The minimum absolute atomic E-state index is 0.0103. The lowest BCUT2D eigenvalue weighted by molar-refractivity contribution is 0.0933. The molecule has 2 aromatic carbocycles. The number of aryl methyl sites for hydroxylation is 1. The zero-order valence-electron chi connectivity index (χ0n) is 16.2. The van der Waals surface area contributed by atoms with Crippen LogP contribution in [0.2, 0.25) is 0 Å². The van der Waals surface area contributed by atoms with E-state index in [0.29, 0.717) is 29.4 Å². The molecule has 0 bridgehead atoms. The van der Waals surface area contributed by atoms with Crippen molar-refractivity contribution in [2.75, 3.05) is 6.61 Å². The summed E-state index contributed by atoms with van der Waals surface area (Å²) >= 11 is 5.10. The van der Waals surface area contributed by atoms with E-state index in [1.807, 2.05) is 19.1 Å². The fraction of sp³-hybridized carbons (Fsp3) is 0.286. The van der Waals surface area contributed by atoms with Crippen molar-refractivity contribution in [1.29, 1.82) is 0 Å². The minimum atomic E-state index is -0.414. The lowest BCUT2D eigenvalue weighted by atomic mass is 10.1. The molecule has 0 fully saturated rings. The number of hydrogen-bond donors (Lipinski definition) is 3. The number of benzene rings is 2. The van der Waals surface area contributed by atoms with E-state index < -0.39 is 5.91 Å². The van der Waals surface area contributed by atoms with Gasteiger partial charge in [-0.15, -0.1) is 0 Å². The van der Waals surface area contributed by atoms with Crippen molar-refractivity contribution in [3.05, 3.63) is 65.2 Å². The van der Waals surface area contributed by atoms with Gasteiger partial charge in [0.25, 0.3) is 11.8 Å². The zero-order chi connectivity index (χ0) is 20.5. The Balaban J connectivity index is 1.91. The van der Waals surface area contributed by atoms with Crippen LogP contribution in [0.1, 0.15) is 46.5 Å². The Hall–Kier alpha value is -2.93. The molecule has 0 aliphatic carbocycles. The van der Waals surface area contributed by atoms with Gasteiger partial charge in [0.2, 0.25) is 0 Å². The summed E-state index contributed by atoms with van der Waals surface area (Å²) in [6.45, 7) is 6.58. The number of hydrazine groups is 1. The molecular weight excluding hydrogens is 374 g/mol. The molecule has 0 spiro atoms. The monoisotopic (exact) mass is 399 g/mol. The molecule has 2 amide bonds. The Morgan fingerprint density at radius 2 is 1.61 bits per heavy atom. The van der Waals surface area contributed by atoms with Gasteiger partial charge < -0.3 is 4.74 Å². The Morgan fingerprint density at radius 1 is 0.964 bits per heavy atom. The molecule has 0 aliphatic rings. The van der Waals surface area contributed by atoms with Crippen molar-refractivity contribution in [2.24, 2.45) is 5.92 Å². The van der Waals surface area contributed by atoms with Gasteiger partial charge in [-0.3, -0.25) is 25.8 Å². The summed E-state index contributed by atoms with van der Waals surface area (Å²) in [6, 6.07) is 14.1. The zero-order valence-corrected chi connectivity index (χ0v) is 17.1. The first-order valence-corrected chi connectivity index (χ1v) is 9.48. The maximum atomic E-state index is 12.5. The van der Waals surface area contributed by atoms with Gasteiger partial charge in [0.1, 0.15) is 5.75 Å². The van der Waals surface area contributed by atoms with Crippen LogP contribution in [0, 0.1) is 12.8 Å². The first kappa shape index (κ1) is 21.4. The fourth-order valence-electron chi connectivity index (χ4n) is 2.39. The molecular formula is C21H25N3O3S. The molecule has 3 N–H and O–H groups in total. The van der Waals surface area contributed by atoms with Crippen LogP contribution in [0.15, 0.2) is 48.5 Å². The molecule has 28 heavy (non-hydrogen) atoms. The second-order valence-corrected chi connectivity index (χ2v) is 7.11. The van der Waals surface area contributed by atoms with Crippen LogP contribution in [-0.2, 0) is 0 Å². The molecule has 0 heterocycles. The lowest BCUT2D eigenvalue weighted by Gasteiger charge is -2.14. The number of thiocarbonyl (C=S) groups is 1. The van der Waals surface area contributed by atoms with E-state index in [1.165, 1.54) is 0 Å². The van der Waals surface area contributed by atoms with Crippen LogP contribution in [0.25, 0.3) is 0 Å². The quantitative estimate of drug-likeness (QED) is 0.513. The Bertz CT molecular complexity index is 852. The molecule has 2 rings (SSSR count). The van der Waals surface area contributed by atoms with Crippen LogP contribution in [0.5, 0.6) is 5.75 Å². The summed E-state index contributed by atoms with van der Waals surface area (Å²) in [7, 11) is 0. The van der Waals surface area contributed by atoms with Gasteiger partial charge in [-0.25, -0.2) is 0 Å². The van der Waals surface area contributed by atoms with Crippen molar-refractivity contribution >= 4 is 29.1 Å². The predicted octanol–water partition coefficient (Wildman–Crippen LogP) is 3.37. The highest BCUT2D eigenvalue weighted by Gasteiger charge is 2.14. The average Bonchev–Trinajstić information content (AvgIpc) is 2.66. The number of para-hydroxylation sites is 1. The molecule has 0 saturated carbocycles. The minimum Gasteiger partial charge on any atom is -0.493 e. The number of rotatable bonds is 6. The van der Waals surface area contributed by atoms with Gasteiger partial charge in [0, 0.05) is 5.56 Å². The second kappa shape index (κ2) is 10.4.